The maximum absolute atomic E-state index is 12.5. The first kappa shape index (κ1) is 17.8. The van der Waals surface area contributed by atoms with Crippen LogP contribution in [0.5, 0.6) is 0 Å². The SMILES string of the molecule is CN=C(NCCC(=O)N1CCc2sccc2C1)N1CCC2(CCOC2)C1. The number of amides is 1. The summed E-state index contributed by atoms with van der Waals surface area (Å²) < 4.78 is 5.61. The van der Waals surface area contributed by atoms with Gasteiger partial charge in [-0.3, -0.25) is 9.79 Å². The summed E-state index contributed by atoms with van der Waals surface area (Å²) in [6.45, 7) is 6.03. The average molecular weight is 377 g/mol. The normalized spacial score (nSPS) is 25.8. The molecule has 2 saturated heterocycles. The highest BCUT2D eigenvalue weighted by Gasteiger charge is 2.42. The van der Waals surface area contributed by atoms with E-state index in [0.717, 1.165) is 58.2 Å². The molecule has 0 radical (unpaired) electrons. The molecule has 1 unspecified atom stereocenters. The van der Waals surface area contributed by atoms with Crippen LogP contribution >= 0.6 is 11.3 Å². The lowest BCUT2D eigenvalue weighted by Gasteiger charge is -2.28. The molecule has 4 heterocycles. The van der Waals surface area contributed by atoms with Crippen LogP contribution < -0.4 is 5.32 Å². The first-order valence-electron chi connectivity index (χ1n) is 9.55. The Morgan fingerprint density at radius 2 is 2.31 bits per heavy atom. The Bertz CT molecular complexity index is 681. The number of carbonyl (C=O) groups excluding carboxylic acids is 1. The van der Waals surface area contributed by atoms with Crippen molar-refractivity contribution in [2.45, 2.75) is 32.2 Å². The van der Waals surface area contributed by atoms with Crippen LogP contribution in [0.2, 0.25) is 0 Å². The minimum absolute atomic E-state index is 0.229. The number of ether oxygens (including phenoxy) is 1. The third kappa shape index (κ3) is 3.60. The summed E-state index contributed by atoms with van der Waals surface area (Å²) in [7, 11) is 1.82. The van der Waals surface area contributed by atoms with Gasteiger partial charge in [-0.15, -0.1) is 11.3 Å². The molecule has 26 heavy (non-hydrogen) atoms. The minimum Gasteiger partial charge on any atom is -0.381 e. The number of likely N-dealkylation sites (tertiary alicyclic amines) is 1. The average Bonchev–Trinajstić information content (AvgIpc) is 3.40. The Morgan fingerprint density at radius 1 is 1.38 bits per heavy atom. The maximum atomic E-state index is 12.5. The van der Waals surface area contributed by atoms with Crippen molar-refractivity contribution in [2.24, 2.45) is 10.4 Å². The number of hydrogen-bond donors (Lipinski definition) is 1. The Morgan fingerprint density at radius 3 is 3.12 bits per heavy atom. The van der Waals surface area contributed by atoms with Crippen LogP contribution in [0.15, 0.2) is 16.4 Å². The maximum Gasteiger partial charge on any atom is 0.224 e. The predicted octanol–water partition coefficient (Wildman–Crippen LogP) is 1.71. The van der Waals surface area contributed by atoms with Gasteiger partial charge in [-0.2, -0.15) is 0 Å². The lowest BCUT2D eigenvalue weighted by molar-refractivity contribution is -0.131. The van der Waals surface area contributed by atoms with E-state index < -0.39 is 0 Å². The second-order valence-electron chi connectivity index (χ2n) is 7.63. The molecule has 142 valence electrons. The van der Waals surface area contributed by atoms with Gasteiger partial charge in [-0.1, -0.05) is 0 Å². The van der Waals surface area contributed by atoms with E-state index in [9.17, 15) is 4.79 Å². The number of aliphatic imine (C=N–C) groups is 1. The van der Waals surface area contributed by atoms with Crippen LogP contribution in [0.3, 0.4) is 0 Å². The van der Waals surface area contributed by atoms with E-state index in [-0.39, 0.29) is 5.91 Å². The van der Waals surface area contributed by atoms with Gasteiger partial charge >= 0.3 is 0 Å². The standard InChI is InChI=1S/C19H28N4O2S/c1-20-18(23-9-5-19(13-23)6-10-25-14-19)21-7-2-17(24)22-8-3-16-15(12-22)4-11-26-16/h4,11H,2-3,5-10,12-14H2,1H3,(H,20,21). The highest BCUT2D eigenvalue weighted by atomic mass is 32.1. The van der Waals surface area contributed by atoms with Gasteiger partial charge in [0.1, 0.15) is 0 Å². The number of guanidine groups is 1. The second-order valence-corrected chi connectivity index (χ2v) is 8.63. The zero-order valence-electron chi connectivity index (χ0n) is 15.5. The molecule has 1 amide bonds. The van der Waals surface area contributed by atoms with Gasteiger partial charge in [-0.25, -0.2) is 0 Å². The molecule has 0 saturated carbocycles. The first-order valence-corrected chi connectivity index (χ1v) is 10.4. The molecule has 6 nitrogen and oxygen atoms in total. The molecule has 1 spiro atoms. The fraction of sp³-hybridized carbons (Fsp3) is 0.684. The largest absolute Gasteiger partial charge is 0.381 e. The van der Waals surface area contributed by atoms with Crippen molar-refractivity contribution in [3.05, 3.63) is 21.9 Å². The molecule has 1 aromatic heterocycles. The van der Waals surface area contributed by atoms with Crippen LogP contribution in [0.4, 0.5) is 0 Å². The number of carbonyl (C=O) groups is 1. The smallest absolute Gasteiger partial charge is 0.224 e. The molecule has 1 aromatic rings. The highest BCUT2D eigenvalue weighted by molar-refractivity contribution is 7.10. The van der Waals surface area contributed by atoms with Crippen LogP contribution in [0, 0.1) is 5.41 Å². The zero-order valence-corrected chi connectivity index (χ0v) is 16.3. The molecular weight excluding hydrogens is 348 g/mol. The molecule has 7 heteroatoms. The number of nitrogens with one attached hydrogen (secondary N) is 1. The number of hydrogen-bond acceptors (Lipinski definition) is 4. The molecule has 0 aromatic carbocycles. The van der Waals surface area contributed by atoms with Gasteiger partial charge < -0.3 is 19.9 Å². The Balaban J connectivity index is 1.24. The lowest BCUT2D eigenvalue weighted by Crippen LogP contribution is -2.43. The van der Waals surface area contributed by atoms with Gasteiger partial charge in [0.15, 0.2) is 5.96 Å². The van der Waals surface area contributed by atoms with E-state index in [2.05, 4.69) is 26.7 Å². The van der Waals surface area contributed by atoms with Crippen molar-refractivity contribution in [1.29, 1.82) is 0 Å². The van der Waals surface area contributed by atoms with Crippen molar-refractivity contribution in [2.75, 3.05) is 46.4 Å². The molecule has 0 bridgehead atoms. The van der Waals surface area contributed by atoms with E-state index in [4.69, 9.17) is 4.74 Å². The summed E-state index contributed by atoms with van der Waals surface area (Å²) in [6, 6.07) is 2.15. The summed E-state index contributed by atoms with van der Waals surface area (Å²) >= 11 is 1.81. The molecule has 4 rings (SSSR count). The Hall–Kier alpha value is -1.60. The molecule has 3 aliphatic rings. The summed E-state index contributed by atoms with van der Waals surface area (Å²) in [5.41, 5.74) is 1.64. The van der Waals surface area contributed by atoms with E-state index >= 15 is 0 Å². The summed E-state index contributed by atoms with van der Waals surface area (Å²) in [4.78, 5) is 22.7. The highest BCUT2D eigenvalue weighted by Crippen LogP contribution is 2.38. The Labute approximate surface area is 159 Å². The van der Waals surface area contributed by atoms with Gasteiger partial charge in [0, 0.05) is 63.1 Å². The monoisotopic (exact) mass is 376 g/mol. The first-order chi connectivity index (χ1) is 12.7. The number of fused-ring (bicyclic) bond motifs is 1. The quantitative estimate of drug-likeness (QED) is 0.645. The van der Waals surface area contributed by atoms with E-state index in [1.807, 2.05) is 11.9 Å². The van der Waals surface area contributed by atoms with Crippen molar-refractivity contribution in [3.63, 3.8) is 0 Å². The van der Waals surface area contributed by atoms with Gasteiger partial charge in [0.2, 0.25) is 5.91 Å². The van der Waals surface area contributed by atoms with Gasteiger partial charge in [0.05, 0.1) is 6.61 Å². The third-order valence-corrected chi connectivity index (χ3v) is 6.94. The van der Waals surface area contributed by atoms with Crippen LogP contribution in [-0.2, 0) is 22.5 Å². The zero-order chi connectivity index (χ0) is 18.0. The number of nitrogens with zero attached hydrogens (tertiary/aromatic N) is 3. The molecule has 1 N–H and O–H groups in total. The van der Waals surface area contributed by atoms with Crippen molar-refractivity contribution < 1.29 is 9.53 Å². The van der Waals surface area contributed by atoms with E-state index in [1.165, 1.54) is 16.9 Å². The Kier molecular flexibility index (Phi) is 5.18. The molecule has 0 aliphatic carbocycles. The lowest BCUT2D eigenvalue weighted by atomic mass is 9.87. The van der Waals surface area contributed by atoms with Gasteiger partial charge in [0.25, 0.3) is 0 Å². The van der Waals surface area contributed by atoms with E-state index in [1.54, 1.807) is 11.3 Å². The molecular formula is C19H28N4O2S. The molecule has 2 fully saturated rings. The number of rotatable bonds is 3. The van der Waals surface area contributed by atoms with Crippen LogP contribution in [-0.4, -0.2) is 68.1 Å². The second kappa shape index (κ2) is 7.56. The van der Waals surface area contributed by atoms with Gasteiger partial charge in [-0.05, 0) is 36.3 Å². The summed E-state index contributed by atoms with van der Waals surface area (Å²) in [5.74, 6) is 1.15. The topological polar surface area (TPSA) is 57.2 Å². The van der Waals surface area contributed by atoms with Crippen molar-refractivity contribution >= 4 is 23.2 Å². The molecule has 3 aliphatic heterocycles. The third-order valence-electron chi connectivity index (χ3n) is 5.92. The molecule has 1 atom stereocenters. The van der Waals surface area contributed by atoms with Crippen LogP contribution in [0.1, 0.15) is 29.7 Å². The number of thiophene rings is 1. The fourth-order valence-corrected chi connectivity index (χ4v) is 5.21. The summed E-state index contributed by atoms with van der Waals surface area (Å²) in [5, 5.41) is 5.52. The summed E-state index contributed by atoms with van der Waals surface area (Å²) in [6.07, 6.45) is 3.83. The van der Waals surface area contributed by atoms with E-state index in [0.29, 0.717) is 18.4 Å². The fourth-order valence-electron chi connectivity index (χ4n) is 4.32. The minimum atomic E-state index is 0.229. The van der Waals surface area contributed by atoms with Crippen molar-refractivity contribution in [1.82, 2.24) is 15.1 Å². The van der Waals surface area contributed by atoms with Crippen LogP contribution in [0.25, 0.3) is 0 Å². The predicted molar refractivity (Wildman–Crippen MR) is 103 cm³/mol. The van der Waals surface area contributed by atoms with Crippen molar-refractivity contribution in [3.8, 4) is 0 Å².